The molecule has 8 heteroatoms. The summed E-state index contributed by atoms with van der Waals surface area (Å²) in [4.78, 5) is 31.2. The number of hydrogen-bond acceptors (Lipinski definition) is 4. The summed E-state index contributed by atoms with van der Waals surface area (Å²) < 4.78 is 13.0. The van der Waals surface area contributed by atoms with Crippen molar-refractivity contribution >= 4 is 55.0 Å². The molecule has 0 aliphatic heterocycles. The molecule has 0 spiro atoms. The minimum atomic E-state index is -0.176. The van der Waals surface area contributed by atoms with Crippen LogP contribution in [-0.2, 0) is 0 Å². The van der Waals surface area contributed by atoms with E-state index >= 15 is 0 Å². The van der Waals surface area contributed by atoms with Crippen molar-refractivity contribution in [1.29, 1.82) is 0 Å². The van der Waals surface area contributed by atoms with Gasteiger partial charge in [-0.2, -0.15) is 0 Å². The number of amides is 2. The molecule has 218 valence electrons. The zero-order valence-corrected chi connectivity index (χ0v) is 26.9. The summed E-state index contributed by atoms with van der Waals surface area (Å²) in [6.45, 7) is 5.82. The van der Waals surface area contributed by atoms with Crippen LogP contribution in [0.4, 0.5) is 11.4 Å². The quantitative estimate of drug-likeness (QED) is 0.141. The molecule has 0 saturated carbocycles. The highest BCUT2D eigenvalue weighted by molar-refractivity contribution is 9.10. The summed E-state index contributed by atoms with van der Waals surface area (Å²) in [5.41, 5.74) is 2.51. The third kappa shape index (κ3) is 8.01. The summed E-state index contributed by atoms with van der Waals surface area (Å²) in [6, 6.07) is 29.7. The monoisotopic (exact) mass is 692 g/mol. The highest BCUT2D eigenvalue weighted by atomic mass is 79.9. The molecule has 4 aromatic rings. The topological polar surface area (TPSA) is 59.1 Å². The Morgan fingerprint density at radius 3 is 1.31 bits per heavy atom. The van der Waals surface area contributed by atoms with Crippen LogP contribution >= 0.6 is 31.9 Å². The van der Waals surface area contributed by atoms with Crippen LogP contribution < -0.4 is 19.3 Å². The van der Waals surface area contributed by atoms with Crippen LogP contribution in [0.15, 0.2) is 106 Å². The molecule has 0 bridgehead atoms. The Morgan fingerprint density at radius 2 is 0.976 bits per heavy atom. The van der Waals surface area contributed by atoms with Gasteiger partial charge in [-0.3, -0.25) is 9.59 Å². The van der Waals surface area contributed by atoms with Gasteiger partial charge in [0, 0.05) is 35.6 Å². The summed E-state index contributed by atoms with van der Waals surface area (Å²) in [6.07, 6.45) is 1.78. The number of benzene rings is 4. The maximum Gasteiger partial charge on any atom is 0.258 e. The lowest BCUT2D eigenvalue weighted by Crippen LogP contribution is -2.41. The summed E-state index contributed by atoms with van der Waals surface area (Å²) in [7, 11) is 0. The van der Waals surface area contributed by atoms with Crippen LogP contribution in [0, 0.1) is 0 Å². The lowest BCUT2D eigenvalue weighted by molar-refractivity contribution is 0.0968. The van der Waals surface area contributed by atoms with E-state index in [4.69, 9.17) is 9.47 Å². The van der Waals surface area contributed by atoms with Crippen molar-refractivity contribution in [1.82, 2.24) is 0 Å². The van der Waals surface area contributed by atoms with E-state index in [9.17, 15) is 9.59 Å². The second-order valence-corrected chi connectivity index (χ2v) is 11.3. The fourth-order valence-electron chi connectivity index (χ4n) is 4.35. The number of hydrogen-bond donors (Lipinski definition) is 0. The Kier molecular flexibility index (Phi) is 11.6. The molecular weight excluding hydrogens is 660 g/mol. The molecule has 4 aromatic carbocycles. The van der Waals surface area contributed by atoms with Gasteiger partial charge in [-0.15, -0.1) is 0 Å². The van der Waals surface area contributed by atoms with Crippen LogP contribution in [0.2, 0.25) is 0 Å². The predicted molar refractivity (Wildman–Crippen MR) is 176 cm³/mol. The first-order valence-electron chi connectivity index (χ1n) is 14.0. The van der Waals surface area contributed by atoms with Crippen molar-refractivity contribution in [2.45, 2.75) is 26.7 Å². The van der Waals surface area contributed by atoms with Gasteiger partial charge in [0.25, 0.3) is 11.8 Å². The van der Waals surface area contributed by atoms with Gasteiger partial charge in [0.15, 0.2) is 0 Å². The largest absolute Gasteiger partial charge is 0.492 e. The molecule has 0 radical (unpaired) electrons. The molecule has 0 aromatic heterocycles. The smallest absolute Gasteiger partial charge is 0.258 e. The molecule has 0 unspecified atom stereocenters. The highest BCUT2D eigenvalue weighted by Crippen LogP contribution is 2.29. The number of rotatable bonds is 13. The zero-order valence-electron chi connectivity index (χ0n) is 23.8. The van der Waals surface area contributed by atoms with Gasteiger partial charge >= 0.3 is 0 Å². The molecule has 0 atom stereocenters. The molecule has 0 saturated heterocycles. The van der Waals surface area contributed by atoms with Crippen molar-refractivity contribution < 1.29 is 19.1 Å². The van der Waals surface area contributed by atoms with E-state index in [1.165, 1.54) is 0 Å². The fraction of sp³-hybridized carbons (Fsp3) is 0.235. The van der Waals surface area contributed by atoms with E-state index in [0.717, 1.165) is 24.2 Å². The van der Waals surface area contributed by atoms with Crippen LogP contribution in [0.25, 0.3) is 0 Å². The maximum absolute atomic E-state index is 13.9. The van der Waals surface area contributed by atoms with E-state index in [1.807, 2.05) is 86.6 Å². The molecule has 6 nitrogen and oxygen atoms in total. The number of anilines is 2. The minimum Gasteiger partial charge on any atom is -0.492 e. The van der Waals surface area contributed by atoms with Crippen molar-refractivity contribution in [2.75, 3.05) is 36.1 Å². The molecular formula is C34H34Br2N2O4. The highest BCUT2D eigenvalue weighted by Gasteiger charge is 2.24. The lowest BCUT2D eigenvalue weighted by atomic mass is 10.1. The standard InChI is InChI=1S/C34H34Br2N2O4/c1-3-21-41-31-17-15-25(23-29(31)35)33(39)37(27-11-7-5-8-12-27)19-20-38(28-13-9-6-10-14-28)34(40)26-16-18-32(30(36)24-26)42-22-4-2/h5-18,23-24H,3-4,19-22H2,1-2H3. The molecule has 2 amide bonds. The summed E-state index contributed by atoms with van der Waals surface area (Å²) >= 11 is 7.10. The molecule has 0 aliphatic rings. The molecule has 0 N–H and O–H groups in total. The lowest BCUT2D eigenvalue weighted by Gasteiger charge is -2.29. The molecule has 42 heavy (non-hydrogen) atoms. The average Bonchev–Trinajstić information content (AvgIpc) is 3.02. The van der Waals surface area contributed by atoms with Gasteiger partial charge in [-0.25, -0.2) is 0 Å². The minimum absolute atomic E-state index is 0.176. The maximum atomic E-state index is 13.9. The Balaban J connectivity index is 1.62. The Labute approximate surface area is 264 Å². The first-order valence-corrected chi connectivity index (χ1v) is 15.6. The Hall–Kier alpha value is -3.62. The van der Waals surface area contributed by atoms with Gasteiger partial charge in [0.2, 0.25) is 0 Å². The zero-order chi connectivity index (χ0) is 29.9. The van der Waals surface area contributed by atoms with Crippen LogP contribution in [0.5, 0.6) is 11.5 Å². The number of carbonyl (C=O) groups excluding carboxylic acids is 2. The summed E-state index contributed by atoms with van der Waals surface area (Å²) in [5.74, 6) is 1.03. The first-order chi connectivity index (χ1) is 20.4. The number of halogens is 2. The molecule has 0 heterocycles. The van der Waals surface area contributed by atoms with Crippen molar-refractivity contribution in [3.05, 3.63) is 117 Å². The van der Waals surface area contributed by atoms with Gasteiger partial charge in [-0.1, -0.05) is 50.2 Å². The van der Waals surface area contributed by atoms with Crippen molar-refractivity contribution in [3.63, 3.8) is 0 Å². The third-order valence-electron chi connectivity index (χ3n) is 6.45. The first kappa shape index (κ1) is 31.3. The van der Waals surface area contributed by atoms with E-state index in [-0.39, 0.29) is 24.9 Å². The molecule has 0 aliphatic carbocycles. The normalized spacial score (nSPS) is 10.7. The number of nitrogens with zero attached hydrogens (tertiary/aromatic N) is 2. The summed E-state index contributed by atoms with van der Waals surface area (Å²) in [5, 5.41) is 0. The number of ether oxygens (including phenoxy) is 2. The van der Waals surface area contributed by atoms with E-state index < -0.39 is 0 Å². The van der Waals surface area contributed by atoms with Crippen molar-refractivity contribution in [3.8, 4) is 11.5 Å². The Bertz CT molecular complexity index is 1370. The van der Waals surface area contributed by atoms with Gasteiger partial charge in [0.05, 0.1) is 22.2 Å². The van der Waals surface area contributed by atoms with Gasteiger partial charge in [0.1, 0.15) is 11.5 Å². The second-order valence-electron chi connectivity index (χ2n) is 9.57. The van der Waals surface area contributed by atoms with E-state index in [2.05, 4.69) is 31.9 Å². The number of carbonyl (C=O) groups is 2. The SMILES string of the molecule is CCCOc1ccc(C(=O)N(CCN(C(=O)c2ccc(OCCC)c(Br)c2)c2ccccc2)c2ccccc2)cc1Br. The molecule has 4 rings (SSSR count). The molecule has 0 fully saturated rings. The Morgan fingerprint density at radius 1 is 0.595 bits per heavy atom. The van der Waals surface area contributed by atoms with Crippen LogP contribution in [0.1, 0.15) is 47.4 Å². The fourth-order valence-corrected chi connectivity index (χ4v) is 5.34. The number of para-hydroxylation sites is 2. The van der Waals surface area contributed by atoms with Gasteiger partial charge in [-0.05, 0) is 105 Å². The van der Waals surface area contributed by atoms with Gasteiger partial charge < -0.3 is 19.3 Å². The average molecular weight is 694 g/mol. The predicted octanol–water partition coefficient (Wildman–Crippen LogP) is 8.78. The third-order valence-corrected chi connectivity index (χ3v) is 7.69. The van der Waals surface area contributed by atoms with E-state index in [0.29, 0.717) is 44.8 Å². The van der Waals surface area contributed by atoms with Crippen LogP contribution in [0.3, 0.4) is 0 Å². The van der Waals surface area contributed by atoms with Crippen molar-refractivity contribution in [2.24, 2.45) is 0 Å². The van der Waals surface area contributed by atoms with Crippen LogP contribution in [-0.4, -0.2) is 38.1 Å². The van der Waals surface area contributed by atoms with E-state index in [1.54, 1.807) is 34.1 Å². The second kappa shape index (κ2) is 15.6.